The second-order valence-corrected chi connectivity index (χ2v) is 10.9. The first-order valence-electron chi connectivity index (χ1n) is 13.7. The lowest BCUT2D eigenvalue weighted by Crippen LogP contribution is -2.52. The quantitative estimate of drug-likeness (QED) is 0.398. The van der Waals surface area contributed by atoms with Gasteiger partial charge in [-0.1, -0.05) is 25.1 Å². The average Bonchev–Trinajstić information content (AvgIpc) is 3.47. The number of benzene rings is 2. The van der Waals surface area contributed by atoms with Crippen molar-refractivity contribution in [2.24, 2.45) is 5.73 Å². The van der Waals surface area contributed by atoms with Crippen molar-refractivity contribution in [3.05, 3.63) is 77.0 Å². The van der Waals surface area contributed by atoms with E-state index in [1.165, 1.54) is 18.4 Å². The van der Waals surface area contributed by atoms with E-state index in [1.807, 2.05) is 36.0 Å². The Morgan fingerprint density at radius 1 is 1.05 bits per heavy atom. The molecule has 2 fully saturated rings. The van der Waals surface area contributed by atoms with Crippen molar-refractivity contribution in [2.75, 3.05) is 25.0 Å². The molecule has 0 saturated carbocycles. The van der Waals surface area contributed by atoms with E-state index >= 15 is 0 Å². The molecule has 3 atom stereocenters. The molecule has 2 N–H and O–H groups in total. The second-order valence-electron chi connectivity index (χ2n) is 10.9. The summed E-state index contributed by atoms with van der Waals surface area (Å²) in [6.07, 6.45) is 4.45. The molecule has 0 spiro atoms. The molecule has 1 amide bonds. The van der Waals surface area contributed by atoms with Gasteiger partial charge in [-0.25, -0.2) is 4.98 Å². The Labute approximate surface area is 224 Å². The van der Waals surface area contributed by atoms with Crippen LogP contribution >= 0.6 is 0 Å². The van der Waals surface area contributed by atoms with Gasteiger partial charge in [0.25, 0.3) is 0 Å². The van der Waals surface area contributed by atoms with E-state index in [4.69, 9.17) is 15.8 Å². The predicted molar refractivity (Wildman–Crippen MR) is 153 cm³/mol. The Bertz CT molecular complexity index is 1510. The molecule has 2 saturated heterocycles. The van der Waals surface area contributed by atoms with Crippen molar-refractivity contribution in [3.63, 3.8) is 0 Å². The number of anilines is 1. The number of rotatable bonds is 6. The number of piperazine rings is 1. The van der Waals surface area contributed by atoms with Crippen LogP contribution in [0.4, 0.5) is 5.69 Å². The zero-order chi connectivity index (χ0) is 26.6. The highest BCUT2D eigenvalue weighted by atomic mass is 16.1. The molecule has 2 aromatic carbocycles. The summed E-state index contributed by atoms with van der Waals surface area (Å²) in [5.41, 5.74) is 13.5. The number of likely N-dealkylation sites (N-methyl/N-ethyl adjacent to an activating group) is 1. The molecule has 0 radical (unpaired) electrons. The van der Waals surface area contributed by atoms with E-state index < -0.39 is 0 Å². The Morgan fingerprint density at radius 3 is 2.47 bits per heavy atom. The Kier molecular flexibility index (Phi) is 6.19. The SMILES string of the molecule is CCn1ccc(-c2cc([C@H](C)c3cc(N4CC5CCC(C4)N5C)cc(C(N)=O)c3C)c3ccccc3n2)n1. The first kappa shape index (κ1) is 24.6. The fraction of sp³-hybridized carbons (Fsp3) is 0.387. The first-order valence-corrected chi connectivity index (χ1v) is 13.7. The van der Waals surface area contributed by atoms with Crippen molar-refractivity contribution >= 4 is 22.5 Å². The summed E-state index contributed by atoms with van der Waals surface area (Å²) in [6.45, 7) is 9.09. The van der Waals surface area contributed by atoms with Crippen molar-refractivity contribution in [1.82, 2.24) is 19.7 Å². The minimum atomic E-state index is -0.375. The van der Waals surface area contributed by atoms with Crippen molar-refractivity contribution in [1.29, 1.82) is 0 Å². The van der Waals surface area contributed by atoms with Crippen molar-refractivity contribution < 1.29 is 4.79 Å². The maximum atomic E-state index is 12.6. The topological polar surface area (TPSA) is 80.3 Å². The van der Waals surface area contributed by atoms with Gasteiger partial charge in [-0.15, -0.1) is 0 Å². The number of aryl methyl sites for hydroxylation is 1. The summed E-state index contributed by atoms with van der Waals surface area (Å²) < 4.78 is 1.92. The molecule has 7 nitrogen and oxygen atoms in total. The number of carbonyl (C=O) groups excluding carboxylic acids is 1. The molecular formula is C31H36N6O. The molecule has 0 aliphatic carbocycles. The zero-order valence-electron chi connectivity index (χ0n) is 22.7. The molecule has 4 heterocycles. The van der Waals surface area contributed by atoms with Crippen LogP contribution < -0.4 is 10.6 Å². The van der Waals surface area contributed by atoms with Gasteiger partial charge in [-0.05, 0) is 80.8 Å². The highest BCUT2D eigenvalue weighted by molar-refractivity contribution is 5.96. The monoisotopic (exact) mass is 508 g/mol. The number of hydrogen-bond donors (Lipinski definition) is 1. The van der Waals surface area contributed by atoms with Gasteiger partial charge < -0.3 is 10.6 Å². The summed E-state index contributed by atoms with van der Waals surface area (Å²) in [6, 6.07) is 17.9. The standard InChI is InChI=1S/C31H36N6O/c1-5-37-13-12-29(34-37)30-16-26(24-8-6-7-9-28(24)33-30)19(2)25-14-23(15-27(20(25)3)31(32)38)36-17-21-10-11-22(18-36)35(21)4/h6-9,12-16,19,21-22H,5,10-11,17-18H2,1-4H3,(H2,32,38)/t19-,21?,22?/m1/s1. The van der Waals surface area contributed by atoms with Crippen LogP contribution in [0.1, 0.15) is 59.7 Å². The minimum absolute atomic E-state index is 0.0251. The lowest BCUT2D eigenvalue weighted by molar-refractivity contribution is 0.0999. The predicted octanol–water partition coefficient (Wildman–Crippen LogP) is 4.96. The number of hydrogen-bond acceptors (Lipinski definition) is 5. The molecule has 38 heavy (non-hydrogen) atoms. The smallest absolute Gasteiger partial charge is 0.249 e. The molecule has 7 heteroatoms. The average molecular weight is 509 g/mol. The summed E-state index contributed by atoms with van der Waals surface area (Å²) in [4.78, 5) is 22.6. The van der Waals surface area contributed by atoms with Crippen LogP contribution in [0.5, 0.6) is 0 Å². The molecule has 4 aromatic rings. The van der Waals surface area contributed by atoms with Gasteiger partial charge in [-0.3, -0.25) is 14.4 Å². The van der Waals surface area contributed by atoms with Crippen LogP contribution in [-0.2, 0) is 6.54 Å². The van der Waals surface area contributed by atoms with Crippen LogP contribution in [0, 0.1) is 6.92 Å². The number of amides is 1. The molecule has 196 valence electrons. The van der Waals surface area contributed by atoms with Gasteiger partial charge >= 0.3 is 0 Å². The number of aromatic nitrogens is 3. The molecule has 2 aromatic heterocycles. The van der Waals surface area contributed by atoms with Crippen LogP contribution in [0.3, 0.4) is 0 Å². The van der Waals surface area contributed by atoms with Gasteiger partial charge in [0.05, 0.1) is 11.2 Å². The van der Waals surface area contributed by atoms with Crippen LogP contribution in [0.25, 0.3) is 22.3 Å². The second kappa shape index (κ2) is 9.55. The third-order valence-corrected chi connectivity index (χ3v) is 8.82. The molecular weight excluding hydrogens is 472 g/mol. The van der Waals surface area contributed by atoms with E-state index in [9.17, 15) is 4.79 Å². The van der Waals surface area contributed by atoms with Crippen LogP contribution in [0.2, 0.25) is 0 Å². The number of nitrogens with two attached hydrogens (primary N) is 1. The molecule has 6 rings (SSSR count). The normalized spacial score (nSPS) is 20.3. The molecule has 2 bridgehead atoms. The molecule has 2 unspecified atom stereocenters. The summed E-state index contributed by atoms with van der Waals surface area (Å²) in [5, 5.41) is 5.83. The van der Waals surface area contributed by atoms with E-state index in [-0.39, 0.29) is 11.8 Å². The summed E-state index contributed by atoms with van der Waals surface area (Å²) >= 11 is 0. The van der Waals surface area contributed by atoms with Gasteiger partial charge in [-0.2, -0.15) is 5.10 Å². The van der Waals surface area contributed by atoms with E-state index in [0.717, 1.165) is 58.7 Å². The van der Waals surface area contributed by atoms with E-state index in [0.29, 0.717) is 17.6 Å². The highest BCUT2D eigenvalue weighted by Gasteiger charge is 2.38. The lowest BCUT2D eigenvalue weighted by Gasteiger charge is -2.40. The fourth-order valence-electron chi connectivity index (χ4n) is 6.47. The largest absolute Gasteiger partial charge is 0.368 e. The van der Waals surface area contributed by atoms with Gasteiger partial charge in [0.2, 0.25) is 5.91 Å². The maximum Gasteiger partial charge on any atom is 0.249 e. The summed E-state index contributed by atoms with van der Waals surface area (Å²) in [5.74, 6) is -0.350. The third kappa shape index (κ3) is 4.15. The van der Waals surface area contributed by atoms with Gasteiger partial charge in [0.1, 0.15) is 5.69 Å². The number of primary amides is 1. The number of carbonyl (C=O) groups is 1. The third-order valence-electron chi connectivity index (χ3n) is 8.82. The van der Waals surface area contributed by atoms with E-state index in [2.05, 4.69) is 61.0 Å². The van der Waals surface area contributed by atoms with Crippen LogP contribution in [-0.4, -0.2) is 57.8 Å². The fourth-order valence-corrected chi connectivity index (χ4v) is 6.47. The summed E-state index contributed by atoms with van der Waals surface area (Å²) in [7, 11) is 2.24. The van der Waals surface area contributed by atoms with Gasteiger partial charge in [0.15, 0.2) is 0 Å². The molecule has 2 aliphatic heterocycles. The minimum Gasteiger partial charge on any atom is -0.368 e. The van der Waals surface area contributed by atoms with Gasteiger partial charge in [0, 0.05) is 60.5 Å². The first-order chi connectivity index (χ1) is 18.3. The zero-order valence-corrected chi connectivity index (χ0v) is 22.7. The Hall–Kier alpha value is -3.71. The van der Waals surface area contributed by atoms with Crippen molar-refractivity contribution in [2.45, 2.75) is 58.2 Å². The Morgan fingerprint density at radius 2 is 1.79 bits per heavy atom. The number of pyridine rings is 1. The Balaban J connectivity index is 1.47. The number of nitrogens with zero attached hydrogens (tertiary/aromatic N) is 5. The van der Waals surface area contributed by atoms with E-state index in [1.54, 1.807) is 0 Å². The molecule has 2 aliphatic rings. The lowest BCUT2D eigenvalue weighted by atomic mass is 9.85. The highest BCUT2D eigenvalue weighted by Crippen LogP contribution is 2.38. The number of para-hydroxylation sites is 1. The van der Waals surface area contributed by atoms with Crippen LogP contribution in [0.15, 0.2) is 54.7 Å². The van der Waals surface area contributed by atoms with Crippen molar-refractivity contribution in [3.8, 4) is 11.4 Å². The number of fused-ring (bicyclic) bond motifs is 3. The maximum absolute atomic E-state index is 12.6.